The number of carboxylic acid groups (broad SMARTS) is 1. The van der Waals surface area contributed by atoms with E-state index in [1.54, 1.807) is 41.8 Å². The molecule has 2 N–H and O–H groups in total. The lowest BCUT2D eigenvalue weighted by Crippen LogP contribution is -2.37. The molecule has 158 valence electrons. The smallest absolute Gasteiger partial charge is 0.347 e. The van der Waals surface area contributed by atoms with Gasteiger partial charge in [-0.25, -0.2) is 4.79 Å². The maximum atomic E-state index is 12.3. The molecule has 0 saturated heterocycles. The lowest BCUT2D eigenvalue weighted by Gasteiger charge is -2.21. The van der Waals surface area contributed by atoms with Crippen molar-refractivity contribution in [2.24, 2.45) is 5.16 Å². The topological polar surface area (TPSA) is 110 Å². The second-order valence-electron chi connectivity index (χ2n) is 7.12. The molecule has 30 heavy (non-hydrogen) atoms. The van der Waals surface area contributed by atoms with Gasteiger partial charge in [0.15, 0.2) is 5.60 Å². The fourth-order valence-electron chi connectivity index (χ4n) is 2.76. The number of fused-ring (bicyclic) bond motifs is 1. The first-order valence-electron chi connectivity index (χ1n) is 9.19. The minimum absolute atomic E-state index is 0.0935. The van der Waals surface area contributed by atoms with Crippen molar-refractivity contribution in [1.82, 2.24) is 4.57 Å². The fraction of sp³-hybridized carbons (Fsp3) is 0.286. The van der Waals surface area contributed by atoms with Crippen molar-refractivity contribution in [3.8, 4) is 11.5 Å². The average molecular weight is 430 g/mol. The van der Waals surface area contributed by atoms with Gasteiger partial charge < -0.3 is 19.8 Å². The Morgan fingerprint density at radius 1 is 1.17 bits per heavy atom. The van der Waals surface area contributed by atoms with Crippen molar-refractivity contribution in [3.63, 3.8) is 0 Å². The van der Waals surface area contributed by atoms with Gasteiger partial charge in [-0.3, -0.25) is 9.36 Å². The summed E-state index contributed by atoms with van der Waals surface area (Å²) in [5, 5.41) is 21.2. The standard InChI is InChI=1S/C21H22N2O6S/c1-13(22-27)14-4-9-17-18(12-14)30-20(26)23(17)10-11-28-15-5-7-16(8-6-15)29-21(2,3)19(24)25/h4-9,12,27H,10-11H2,1-3H3,(H,24,25). The Morgan fingerprint density at radius 2 is 1.83 bits per heavy atom. The Kier molecular flexibility index (Phi) is 6.12. The second kappa shape index (κ2) is 8.58. The van der Waals surface area contributed by atoms with Crippen LogP contribution in [-0.4, -0.2) is 38.8 Å². The van der Waals surface area contributed by atoms with Gasteiger partial charge in [0, 0.05) is 5.56 Å². The van der Waals surface area contributed by atoms with Crippen LogP contribution in [0.2, 0.25) is 0 Å². The maximum absolute atomic E-state index is 12.3. The average Bonchev–Trinajstić information content (AvgIpc) is 3.02. The zero-order valence-electron chi connectivity index (χ0n) is 16.8. The van der Waals surface area contributed by atoms with Gasteiger partial charge in [0.2, 0.25) is 0 Å². The van der Waals surface area contributed by atoms with Crippen LogP contribution >= 0.6 is 11.3 Å². The molecule has 1 heterocycles. The van der Waals surface area contributed by atoms with Crippen molar-refractivity contribution in [2.75, 3.05) is 6.61 Å². The predicted octanol–water partition coefficient (Wildman–Crippen LogP) is 3.58. The molecule has 0 unspecified atom stereocenters. The molecule has 0 atom stereocenters. The molecule has 0 spiro atoms. The molecule has 0 bridgehead atoms. The second-order valence-corrected chi connectivity index (χ2v) is 8.12. The third-order valence-corrected chi connectivity index (χ3v) is 5.47. The van der Waals surface area contributed by atoms with Crippen LogP contribution in [0.3, 0.4) is 0 Å². The van der Waals surface area contributed by atoms with Crippen molar-refractivity contribution in [3.05, 3.63) is 57.7 Å². The first-order valence-corrected chi connectivity index (χ1v) is 10.0. The van der Waals surface area contributed by atoms with Gasteiger partial charge in [-0.1, -0.05) is 22.6 Å². The van der Waals surface area contributed by atoms with E-state index in [9.17, 15) is 9.59 Å². The van der Waals surface area contributed by atoms with Gasteiger partial charge >= 0.3 is 10.8 Å². The monoisotopic (exact) mass is 430 g/mol. The van der Waals surface area contributed by atoms with Crippen molar-refractivity contribution in [1.29, 1.82) is 0 Å². The molecular weight excluding hydrogens is 408 g/mol. The molecule has 0 aliphatic carbocycles. The largest absolute Gasteiger partial charge is 0.492 e. The molecule has 0 amide bonds. The molecule has 0 aliphatic heterocycles. The summed E-state index contributed by atoms with van der Waals surface area (Å²) in [5.41, 5.74) is 0.697. The lowest BCUT2D eigenvalue weighted by atomic mass is 10.1. The highest BCUT2D eigenvalue weighted by Gasteiger charge is 2.29. The number of ether oxygens (including phenoxy) is 2. The summed E-state index contributed by atoms with van der Waals surface area (Å²) in [4.78, 5) is 23.4. The SMILES string of the molecule is CC(=NO)c1ccc2c(c1)sc(=O)n2CCOc1ccc(OC(C)(C)C(=O)O)cc1. The number of oxime groups is 1. The highest BCUT2D eigenvalue weighted by molar-refractivity contribution is 7.16. The minimum Gasteiger partial charge on any atom is -0.492 e. The van der Waals surface area contributed by atoms with E-state index in [1.165, 1.54) is 13.8 Å². The summed E-state index contributed by atoms with van der Waals surface area (Å²) in [6, 6.07) is 12.1. The van der Waals surface area contributed by atoms with Crippen LogP contribution in [0.4, 0.5) is 0 Å². The molecule has 8 nitrogen and oxygen atoms in total. The summed E-state index contributed by atoms with van der Waals surface area (Å²) in [5.74, 6) is -0.0466. The molecule has 9 heteroatoms. The number of carboxylic acids is 1. The van der Waals surface area contributed by atoms with Crippen molar-refractivity contribution < 1.29 is 24.6 Å². The number of thiazole rings is 1. The number of hydrogen-bond donors (Lipinski definition) is 2. The lowest BCUT2D eigenvalue weighted by molar-refractivity contribution is -0.152. The number of nitrogens with zero attached hydrogens (tertiary/aromatic N) is 2. The zero-order valence-corrected chi connectivity index (χ0v) is 17.6. The van der Waals surface area contributed by atoms with Crippen LogP contribution in [0.25, 0.3) is 10.2 Å². The van der Waals surface area contributed by atoms with Gasteiger partial charge in [-0.05, 0) is 57.2 Å². The van der Waals surface area contributed by atoms with Crippen LogP contribution < -0.4 is 14.3 Å². The Bertz CT molecular complexity index is 1140. The van der Waals surface area contributed by atoms with Gasteiger partial charge in [-0.2, -0.15) is 0 Å². The van der Waals surface area contributed by atoms with E-state index in [1.807, 2.05) is 12.1 Å². The molecule has 0 aliphatic rings. The number of aromatic nitrogens is 1. The molecule has 0 fully saturated rings. The van der Waals surface area contributed by atoms with Gasteiger partial charge in [0.1, 0.15) is 18.1 Å². The van der Waals surface area contributed by atoms with Crippen molar-refractivity contribution >= 4 is 33.2 Å². The maximum Gasteiger partial charge on any atom is 0.347 e. The van der Waals surface area contributed by atoms with E-state index in [-0.39, 0.29) is 11.5 Å². The number of aliphatic carboxylic acids is 1. The molecule has 1 aromatic heterocycles. The molecule has 3 rings (SSSR count). The number of carbonyl (C=O) groups is 1. The summed E-state index contributed by atoms with van der Waals surface area (Å²) < 4.78 is 13.6. The first kappa shape index (κ1) is 21.4. The van der Waals surface area contributed by atoms with E-state index in [2.05, 4.69) is 5.16 Å². The third kappa shape index (κ3) is 4.62. The van der Waals surface area contributed by atoms with Crippen LogP contribution in [0, 0.1) is 0 Å². The van der Waals surface area contributed by atoms with Gasteiger partial charge in [0.25, 0.3) is 0 Å². The molecular formula is C21H22N2O6S. The molecule has 0 radical (unpaired) electrons. The Balaban J connectivity index is 1.65. The van der Waals surface area contributed by atoms with Crippen LogP contribution in [-0.2, 0) is 11.3 Å². The van der Waals surface area contributed by atoms with Crippen LogP contribution in [0.15, 0.2) is 52.4 Å². The van der Waals surface area contributed by atoms with Gasteiger partial charge in [-0.15, -0.1) is 0 Å². The number of hydrogen-bond acceptors (Lipinski definition) is 7. The van der Waals surface area contributed by atoms with E-state index >= 15 is 0 Å². The van der Waals surface area contributed by atoms with Crippen LogP contribution in [0.1, 0.15) is 26.3 Å². The fourth-order valence-corrected chi connectivity index (χ4v) is 3.71. The van der Waals surface area contributed by atoms with Gasteiger partial charge in [0.05, 0.1) is 22.5 Å². The third-order valence-electron chi connectivity index (χ3n) is 4.53. The Labute approximate surface area is 176 Å². The summed E-state index contributed by atoms with van der Waals surface area (Å²) in [6.45, 7) is 5.29. The summed E-state index contributed by atoms with van der Waals surface area (Å²) >= 11 is 1.13. The molecule has 2 aromatic carbocycles. The number of benzene rings is 2. The predicted molar refractivity (Wildman–Crippen MR) is 114 cm³/mol. The quantitative estimate of drug-likeness (QED) is 0.321. The summed E-state index contributed by atoms with van der Waals surface area (Å²) in [7, 11) is 0. The van der Waals surface area contributed by atoms with E-state index in [0.29, 0.717) is 23.8 Å². The molecule has 3 aromatic rings. The van der Waals surface area contributed by atoms with Crippen LogP contribution in [0.5, 0.6) is 11.5 Å². The highest BCUT2D eigenvalue weighted by Crippen LogP contribution is 2.23. The van der Waals surface area contributed by atoms with Crippen molar-refractivity contribution in [2.45, 2.75) is 32.9 Å². The summed E-state index contributed by atoms with van der Waals surface area (Å²) in [6.07, 6.45) is 0. The van der Waals surface area contributed by atoms with E-state index in [0.717, 1.165) is 27.1 Å². The Hall–Kier alpha value is -3.33. The first-order chi connectivity index (χ1) is 14.2. The normalized spacial score (nSPS) is 12.2. The Morgan fingerprint density at radius 3 is 2.47 bits per heavy atom. The van der Waals surface area contributed by atoms with E-state index in [4.69, 9.17) is 19.8 Å². The zero-order chi connectivity index (χ0) is 21.9. The minimum atomic E-state index is -1.33. The number of rotatable bonds is 8. The highest BCUT2D eigenvalue weighted by atomic mass is 32.1. The molecule has 0 saturated carbocycles. The van der Waals surface area contributed by atoms with E-state index < -0.39 is 11.6 Å².